The van der Waals surface area contributed by atoms with E-state index in [4.69, 9.17) is 15.9 Å². The van der Waals surface area contributed by atoms with Crippen LogP contribution in [0.5, 0.6) is 0 Å². The maximum absolute atomic E-state index is 11.3. The van der Waals surface area contributed by atoms with Gasteiger partial charge in [-0.05, 0) is 18.8 Å². The highest BCUT2D eigenvalue weighted by atomic mass is 16.5. The first-order valence-corrected chi connectivity index (χ1v) is 7.00. The van der Waals surface area contributed by atoms with Gasteiger partial charge in [0.15, 0.2) is 0 Å². The van der Waals surface area contributed by atoms with Crippen molar-refractivity contribution in [3.8, 4) is 12.3 Å². The minimum atomic E-state index is -0.260. The molecule has 4 unspecified atom stereocenters. The molecule has 0 aromatic rings. The van der Waals surface area contributed by atoms with Crippen molar-refractivity contribution in [1.82, 2.24) is 0 Å². The molecule has 0 aliphatic heterocycles. The molecule has 0 amide bonds. The second-order valence-electron chi connectivity index (χ2n) is 5.20. The van der Waals surface area contributed by atoms with Crippen molar-refractivity contribution >= 4 is 6.29 Å². The van der Waals surface area contributed by atoms with Crippen LogP contribution in [0.25, 0.3) is 0 Å². The van der Waals surface area contributed by atoms with Crippen LogP contribution in [-0.2, 0) is 14.3 Å². The average Bonchev–Trinajstić information content (AvgIpc) is 2.47. The van der Waals surface area contributed by atoms with Crippen molar-refractivity contribution < 1.29 is 14.3 Å². The van der Waals surface area contributed by atoms with Crippen molar-refractivity contribution in [2.24, 2.45) is 17.8 Å². The summed E-state index contributed by atoms with van der Waals surface area (Å²) in [4.78, 5) is 11.3. The maximum Gasteiger partial charge on any atom is 0.125 e. The topological polar surface area (TPSA) is 35.5 Å². The monoisotopic (exact) mass is 276 g/mol. The molecular weight excluding hydrogens is 252 g/mol. The third-order valence-corrected chi connectivity index (χ3v) is 4.01. The molecule has 0 aromatic carbocycles. The molecule has 0 spiro atoms. The van der Waals surface area contributed by atoms with E-state index in [2.05, 4.69) is 19.1 Å². The van der Waals surface area contributed by atoms with E-state index in [0.717, 1.165) is 19.1 Å². The Hall–Kier alpha value is -1.37. The first-order valence-electron chi connectivity index (χ1n) is 7.00. The third-order valence-electron chi connectivity index (χ3n) is 4.01. The van der Waals surface area contributed by atoms with Gasteiger partial charge < -0.3 is 14.3 Å². The third kappa shape index (κ3) is 4.06. The van der Waals surface area contributed by atoms with Crippen molar-refractivity contribution in [1.29, 1.82) is 0 Å². The van der Waals surface area contributed by atoms with E-state index >= 15 is 0 Å². The fraction of sp³-hybridized carbons (Fsp3) is 0.588. The minimum Gasteiger partial charge on any atom is -0.384 e. The van der Waals surface area contributed by atoms with Crippen LogP contribution in [0.2, 0.25) is 0 Å². The van der Waals surface area contributed by atoms with Crippen LogP contribution in [0.4, 0.5) is 0 Å². The number of aldehydes is 1. The summed E-state index contributed by atoms with van der Waals surface area (Å²) in [5.41, 5.74) is 0. The van der Waals surface area contributed by atoms with Crippen LogP contribution in [0.3, 0.4) is 0 Å². The molecule has 3 heteroatoms. The lowest BCUT2D eigenvalue weighted by molar-refractivity contribution is -0.128. The first kappa shape index (κ1) is 16.7. The predicted molar refractivity (Wildman–Crippen MR) is 80.1 cm³/mol. The van der Waals surface area contributed by atoms with E-state index < -0.39 is 0 Å². The van der Waals surface area contributed by atoms with Crippen LogP contribution in [-0.4, -0.2) is 32.2 Å². The Kier molecular flexibility index (Phi) is 7.28. The Morgan fingerprint density at radius 1 is 1.40 bits per heavy atom. The fourth-order valence-corrected chi connectivity index (χ4v) is 2.95. The molecule has 4 atom stereocenters. The molecule has 1 aliphatic carbocycles. The van der Waals surface area contributed by atoms with Gasteiger partial charge in [0.2, 0.25) is 0 Å². The molecule has 1 fully saturated rings. The van der Waals surface area contributed by atoms with Gasteiger partial charge in [0.25, 0.3) is 0 Å². The van der Waals surface area contributed by atoms with Gasteiger partial charge in [-0.3, -0.25) is 0 Å². The van der Waals surface area contributed by atoms with Crippen LogP contribution >= 0.6 is 0 Å². The molecule has 1 rings (SSSR count). The number of ether oxygens (including phenoxy) is 2. The van der Waals surface area contributed by atoms with Gasteiger partial charge in [0.05, 0.1) is 12.2 Å². The lowest BCUT2D eigenvalue weighted by Gasteiger charge is -2.41. The molecule has 0 aromatic heterocycles. The lowest BCUT2D eigenvalue weighted by atomic mass is 9.71. The molecular formula is C17H24O3. The quantitative estimate of drug-likeness (QED) is 0.388. The number of carbonyl (C=O) groups excluding carboxylic acids is 1. The van der Waals surface area contributed by atoms with E-state index in [1.807, 2.05) is 0 Å². The Morgan fingerprint density at radius 2 is 2.10 bits per heavy atom. The van der Waals surface area contributed by atoms with Crippen molar-refractivity contribution in [3.63, 3.8) is 0 Å². The number of carbonyl (C=O) groups is 1. The summed E-state index contributed by atoms with van der Waals surface area (Å²) in [5.74, 6) is 3.04. The summed E-state index contributed by atoms with van der Waals surface area (Å²) in [6.45, 7) is 8.09. The summed E-state index contributed by atoms with van der Waals surface area (Å²) < 4.78 is 11.3. The Morgan fingerprint density at radius 3 is 2.60 bits per heavy atom. The molecule has 0 bridgehead atoms. The number of terminal acetylenes is 1. The van der Waals surface area contributed by atoms with Gasteiger partial charge in [-0.2, -0.15) is 0 Å². The second-order valence-corrected chi connectivity index (χ2v) is 5.20. The maximum atomic E-state index is 11.3. The van der Waals surface area contributed by atoms with Crippen molar-refractivity contribution in [2.75, 3.05) is 13.7 Å². The highest BCUT2D eigenvalue weighted by Gasteiger charge is 2.40. The molecule has 20 heavy (non-hydrogen) atoms. The van der Waals surface area contributed by atoms with E-state index in [1.54, 1.807) is 19.3 Å². The summed E-state index contributed by atoms with van der Waals surface area (Å²) in [6.07, 6.45) is 11.7. The second kappa shape index (κ2) is 8.73. The normalized spacial score (nSPS) is 29.6. The van der Waals surface area contributed by atoms with Crippen molar-refractivity contribution in [3.05, 3.63) is 25.3 Å². The fourth-order valence-electron chi connectivity index (χ4n) is 2.95. The molecule has 0 radical (unpaired) electrons. The number of hydrogen-bond donors (Lipinski definition) is 0. The summed E-state index contributed by atoms with van der Waals surface area (Å²) in [7, 11) is 1.69. The Labute approximate surface area is 122 Å². The molecule has 110 valence electrons. The number of methoxy groups -OCH3 is 1. The number of hydrogen-bond acceptors (Lipinski definition) is 3. The van der Waals surface area contributed by atoms with Gasteiger partial charge in [0.1, 0.15) is 6.29 Å². The predicted octanol–water partition coefficient (Wildman–Crippen LogP) is 2.62. The van der Waals surface area contributed by atoms with E-state index in [9.17, 15) is 4.79 Å². The largest absolute Gasteiger partial charge is 0.384 e. The zero-order valence-corrected chi connectivity index (χ0v) is 12.2. The molecule has 1 aliphatic rings. The zero-order valence-electron chi connectivity index (χ0n) is 12.2. The first-order chi connectivity index (χ1) is 9.71. The van der Waals surface area contributed by atoms with Crippen LogP contribution < -0.4 is 0 Å². The van der Waals surface area contributed by atoms with Gasteiger partial charge >= 0.3 is 0 Å². The van der Waals surface area contributed by atoms with Gasteiger partial charge in [-0.1, -0.05) is 12.2 Å². The van der Waals surface area contributed by atoms with Crippen LogP contribution in [0.1, 0.15) is 19.3 Å². The van der Waals surface area contributed by atoms with Crippen molar-refractivity contribution in [2.45, 2.75) is 31.5 Å². The average molecular weight is 276 g/mol. The van der Waals surface area contributed by atoms with Gasteiger partial charge in [0, 0.05) is 32.0 Å². The molecule has 3 nitrogen and oxygen atoms in total. The zero-order chi connectivity index (χ0) is 15.0. The lowest BCUT2D eigenvalue weighted by Crippen LogP contribution is -2.44. The molecule has 0 heterocycles. The smallest absolute Gasteiger partial charge is 0.125 e. The van der Waals surface area contributed by atoms with E-state index in [1.165, 1.54) is 0 Å². The molecule has 1 saturated carbocycles. The van der Waals surface area contributed by atoms with Crippen LogP contribution in [0, 0.1) is 30.1 Å². The van der Waals surface area contributed by atoms with Crippen LogP contribution in [0.15, 0.2) is 25.3 Å². The summed E-state index contributed by atoms with van der Waals surface area (Å²) in [5, 5.41) is 0. The standard InChI is InChI=1S/C17H24O3/c1-5-8-16-14(12-19-4)10-9-13(11-18)17(16)20-15(6-2)7-3/h1,6-7,11,13-17H,2-3,8-10,12H2,4H3. The minimum absolute atomic E-state index is 0.121. The molecule has 0 saturated heterocycles. The summed E-state index contributed by atoms with van der Waals surface area (Å²) in [6, 6.07) is 0. The molecule has 0 N–H and O–H groups in total. The Balaban J connectivity index is 2.93. The highest BCUT2D eigenvalue weighted by molar-refractivity contribution is 5.55. The van der Waals surface area contributed by atoms with E-state index in [-0.39, 0.29) is 24.0 Å². The van der Waals surface area contributed by atoms with Gasteiger partial charge in [-0.25, -0.2) is 0 Å². The van der Waals surface area contributed by atoms with E-state index in [0.29, 0.717) is 18.9 Å². The highest BCUT2D eigenvalue weighted by Crippen LogP contribution is 2.38. The Bertz CT molecular complexity index is 361. The van der Waals surface area contributed by atoms with Gasteiger partial charge in [-0.15, -0.1) is 25.5 Å². The summed E-state index contributed by atoms with van der Waals surface area (Å²) >= 11 is 0. The SMILES string of the molecule is C#CCC1C(COC)CCC(C=O)C1OC(C=C)C=C. The number of rotatable bonds is 8.